The van der Waals surface area contributed by atoms with E-state index in [4.69, 9.17) is 14.2 Å². The molecule has 0 aliphatic rings. The third-order valence-electron chi connectivity index (χ3n) is 13.1. The van der Waals surface area contributed by atoms with Gasteiger partial charge in [-0.1, -0.05) is 256 Å². The number of hydrogen-bond acceptors (Lipinski definition) is 6. The Balaban J connectivity index is 4.36. The molecule has 0 saturated heterocycles. The summed E-state index contributed by atoms with van der Waals surface area (Å²) in [6, 6.07) is 0. The van der Waals surface area contributed by atoms with E-state index in [2.05, 4.69) is 57.2 Å². The van der Waals surface area contributed by atoms with Crippen molar-refractivity contribution >= 4 is 17.9 Å². The van der Waals surface area contributed by atoms with Gasteiger partial charge >= 0.3 is 17.9 Å². The average Bonchev–Trinajstić information content (AvgIpc) is 3.33. The Bertz CT molecular complexity index is 1130. The molecule has 0 bridgehead atoms. The molecule has 0 unspecified atom stereocenters. The van der Waals surface area contributed by atoms with Crippen LogP contribution in [-0.2, 0) is 28.6 Å². The summed E-state index contributed by atoms with van der Waals surface area (Å²) in [6.07, 6.45) is 67.0. The highest BCUT2D eigenvalue weighted by molar-refractivity contribution is 5.71. The van der Waals surface area contributed by atoms with Gasteiger partial charge in [0.2, 0.25) is 0 Å². The first-order valence-electron chi connectivity index (χ1n) is 29.5. The van der Waals surface area contributed by atoms with E-state index in [1.54, 1.807) is 0 Å². The zero-order valence-corrected chi connectivity index (χ0v) is 44.9. The number of esters is 3. The van der Waals surface area contributed by atoms with Crippen molar-refractivity contribution in [3.8, 4) is 0 Å². The molecule has 0 aromatic heterocycles. The Morgan fingerprint density at radius 2 is 0.537 bits per heavy atom. The van der Waals surface area contributed by atoms with E-state index in [0.29, 0.717) is 19.3 Å². The SMILES string of the molecule is CCCCC/C=C/C/C=C/CCCCCCCCCC(=O)OC[C@@H](COC(=O)CCCCCCCCCCCCCCCCC)OC(=O)CCCCCCCCC/C=C/CCCCCCCC. The summed E-state index contributed by atoms with van der Waals surface area (Å²) in [5.74, 6) is -0.866. The molecule has 0 saturated carbocycles. The van der Waals surface area contributed by atoms with Crippen molar-refractivity contribution in [2.24, 2.45) is 0 Å². The third kappa shape index (κ3) is 54.4. The van der Waals surface area contributed by atoms with Crippen LogP contribution < -0.4 is 0 Å². The molecular formula is C61H112O6. The summed E-state index contributed by atoms with van der Waals surface area (Å²) in [5, 5.41) is 0. The molecule has 0 aromatic carbocycles. The van der Waals surface area contributed by atoms with E-state index in [1.807, 2.05) is 0 Å². The fourth-order valence-corrected chi connectivity index (χ4v) is 8.65. The number of carbonyl (C=O) groups is 3. The van der Waals surface area contributed by atoms with Gasteiger partial charge in [0.05, 0.1) is 0 Å². The normalized spacial score (nSPS) is 12.2. The Labute approximate surface area is 416 Å². The van der Waals surface area contributed by atoms with Crippen LogP contribution >= 0.6 is 0 Å². The standard InChI is InChI=1S/C61H112O6/c1-4-7-10-13-16-19-22-25-28-30-33-36-39-42-45-48-51-54-60(63)66-57-58(56-65-59(62)53-50-47-44-41-38-35-32-27-24-21-18-15-12-9-6-3)67-61(64)55-52-49-46-43-40-37-34-31-29-26-23-20-17-14-11-8-5-2/h16,19,25-26,28-29,58H,4-15,17-18,20-24,27,30-57H2,1-3H3/b19-16+,28-25+,29-26+/t58-/m1/s1. The first-order chi connectivity index (χ1) is 33.0. The number of unbranched alkanes of at least 4 members (excludes halogenated alkanes) is 37. The summed E-state index contributed by atoms with van der Waals surface area (Å²) in [4.78, 5) is 38.2. The van der Waals surface area contributed by atoms with Gasteiger partial charge in [-0.3, -0.25) is 14.4 Å². The number of carbonyl (C=O) groups excluding carboxylic acids is 3. The molecule has 0 aromatic rings. The zero-order chi connectivity index (χ0) is 48.6. The molecule has 0 N–H and O–H groups in total. The summed E-state index contributed by atoms with van der Waals surface area (Å²) in [7, 11) is 0. The highest BCUT2D eigenvalue weighted by atomic mass is 16.6. The van der Waals surface area contributed by atoms with Crippen molar-refractivity contribution in [3.63, 3.8) is 0 Å². The van der Waals surface area contributed by atoms with Gasteiger partial charge in [-0.25, -0.2) is 0 Å². The lowest BCUT2D eigenvalue weighted by Crippen LogP contribution is -2.30. The molecule has 0 rings (SSSR count). The molecule has 0 aliphatic heterocycles. The average molecular weight is 942 g/mol. The third-order valence-corrected chi connectivity index (χ3v) is 13.1. The van der Waals surface area contributed by atoms with Crippen molar-refractivity contribution in [2.45, 2.75) is 322 Å². The first-order valence-corrected chi connectivity index (χ1v) is 29.5. The maximum absolute atomic E-state index is 12.9. The maximum atomic E-state index is 12.9. The second kappa shape index (κ2) is 56.2. The minimum Gasteiger partial charge on any atom is -0.462 e. The van der Waals surface area contributed by atoms with Gasteiger partial charge in [-0.2, -0.15) is 0 Å². The van der Waals surface area contributed by atoms with E-state index in [-0.39, 0.29) is 31.1 Å². The molecule has 1 atom stereocenters. The second-order valence-corrected chi connectivity index (χ2v) is 19.9. The molecule has 0 radical (unpaired) electrons. The highest BCUT2D eigenvalue weighted by Gasteiger charge is 2.19. The zero-order valence-electron chi connectivity index (χ0n) is 44.9. The Hall–Kier alpha value is -2.37. The van der Waals surface area contributed by atoms with Crippen molar-refractivity contribution in [1.29, 1.82) is 0 Å². The van der Waals surface area contributed by atoms with Crippen LogP contribution in [-0.4, -0.2) is 37.2 Å². The minimum absolute atomic E-state index is 0.0726. The van der Waals surface area contributed by atoms with Crippen molar-refractivity contribution in [2.75, 3.05) is 13.2 Å². The summed E-state index contributed by atoms with van der Waals surface area (Å²) >= 11 is 0. The van der Waals surface area contributed by atoms with Gasteiger partial charge in [0.25, 0.3) is 0 Å². The van der Waals surface area contributed by atoms with Crippen LogP contribution in [0.4, 0.5) is 0 Å². The molecule has 392 valence electrons. The number of rotatable bonds is 54. The van der Waals surface area contributed by atoms with Crippen LogP contribution in [0.1, 0.15) is 316 Å². The van der Waals surface area contributed by atoms with E-state index >= 15 is 0 Å². The molecule has 0 amide bonds. The first kappa shape index (κ1) is 64.6. The molecule has 6 nitrogen and oxygen atoms in total. The smallest absolute Gasteiger partial charge is 0.306 e. The highest BCUT2D eigenvalue weighted by Crippen LogP contribution is 2.16. The van der Waals surface area contributed by atoms with Gasteiger partial charge in [-0.15, -0.1) is 0 Å². The van der Waals surface area contributed by atoms with Crippen molar-refractivity contribution < 1.29 is 28.6 Å². The number of allylic oxidation sites excluding steroid dienone is 6. The van der Waals surface area contributed by atoms with Gasteiger partial charge in [0.1, 0.15) is 13.2 Å². The second-order valence-electron chi connectivity index (χ2n) is 19.9. The maximum Gasteiger partial charge on any atom is 0.306 e. The van der Waals surface area contributed by atoms with E-state index in [9.17, 15) is 14.4 Å². The van der Waals surface area contributed by atoms with E-state index in [0.717, 1.165) is 70.6 Å². The Morgan fingerprint density at radius 1 is 0.299 bits per heavy atom. The summed E-state index contributed by atoms with van der Waals surface area (Å²) in [6.45, 7) is 6.64. The quantitative estimate of drug-likeness (QED) is 0.0262. The van der Waals surface area contributed by atoms with E-state index in [1.165, 1.54) is 205 Å². The molecule has 0 fully saturated rings. The van der Waals surface area contributed by atoms with Crippen molar-refractivity contribution in [3.05, 3.63) is 36.5 Å². The van der Waals surface area contributed by atoms with Crippen LogP contribution in [0.5, 0.6) is 0 Å². The lowest BCUT2D eigenvalue weighted by atomic mass is 10.0. The lowest BCUT2D eigenvalue weighted by Gasteiger charge is -2.18. The topological polar surface area (TPSA) is 78.9 Å². The van der Waals surface area contributed by atoms with Gasteiger partial charge in [-0.05, 0) is 77.0 Å². The van der Waals surface area contributed by atoms with Crippen LogP contribution in [0.3, 0.4) is 0 Å². The Morgan fingerprint density at radius 3 is 0.866 bits per heavy atom. The predicted molar refractivity (Wildman–Crippen MR) is 289 cm³/mol. The molecule has 0 heterocycles. The Kier molecular flexibility index (Phi) is 54.2. The predicted octanol–water partition coefficient (Wildman–Crippen LogP) is 19.7. The molecule has 6 heteroatoms. The summed E-state index contributed by atoms with van der Waals surface area (Å²) < 4.78 is 16.9. The minimum atomic E-state index is -0.775. The van der Waals surface area contributed by atoms with Gasteiger partial charge < -0.3 is 14.2 Å². The number of hydrogen-bond donors (Lipinski definition) is 0. The van der Waals surface area contributed by atoms with E-state index < -0.39 is 6.10 Å². The fraction of sp³-hybridized carbons (Fsp3) is 0.852. The van der Waals surface area contributed by atoms with Crippen LogP contribution in [0.15, 0.2) is 36.5 Å². The van der Waals surface area contributed by atoms with Crippen LogP contribution in [0.25, 0.3) is 0 Å². The van der Waals surface area contributed by atoms with Gasteiger partial charge in [0, 0.05) is 19.3 Å². The lowest BCUT2D eigenvalue weighted by molar-refractivity contribution is -0.167. The van der Waals surface area contributed by atoms with Gasteiger partial charge in [0.15, 0.2) is 6.10 Å². The van der Waals surface area contributed by atoms with Crippen molar-refractivity contribution in [1.82, 2.24) is 0 Å². The molecule has 67 heavy (non-hydrogen) atoms. The largest absolute Gasteiger partial charge is 0.462 e. The van der Waals surface area contributed by atoms with Crippen LogP contribution in [0.2, 0.25) is 0 Å². The van der Waals surface area contributed by atoms with Crippen LogP contribution in [0, 0.1) is 0 Å². The molecule has 0 aliphatic carbocycles. The number of ether oxygens (including phenoxy) is 3. The molecule has 0 spiro atoms. The summed E-state index contributed by atoms with van der Waals surface area (Å²) in [5.41, 5.74) is 0. The molecular weight excluding hydrogens is 829 g/mol. The monoisotopic (exact) mass is 941 g/mol. The fourth-order valence-electron chi connectivity index (χ4n) is 8.65.